The lowest BCUT2D eigenvalue weighted by atomic mass is 10.1. The van der Waals surface area contributed by atoms with Gasteiger partial charge in [0, 0.05) is 4.47 Å². The van der Waals surface area contributed by atoms with Gasteiger partial charge in [-0.25, -0.2) is 0 Å². The second-order valence-corrected chi connectivity index (χ2v) is 4.78. The Morgan fingerprint density at radius 3 is 2.47 bits per heavy atom. The summed E-state index contributed by atoms with van der Waals surface area (Å²) in [5.74, 6) is 1.15. The Bertz CT molecular complexity index is 506. The Morgan fingerprint density at radius 1 is 1.12 bits per heavy atom. The van der Waals surface area contributed by atoms with Crippen LogP contribution in [-0.2, 0) is 6.61 Å². The number of ether oxygens (including phenoxy) is 1. The van der Waals surface area contributed by atoms with Crippen LogP contribution in [-0.4, -0.2) is 5.11 Å². The molecule has 2 aromatic rings. The Labute approximate surface area is 109 Å². The van der Waals surface area contributed by atoms with Crippen LogP contribution < -0.4 is 4.74 Å². The molecular formula is C14H13BrO2. The fraction of sp³-hybridized carbons (Fsp3) is 0.143. The summed E-state index contributed by atoms with van der Waals surface area (Å²) < 4.78 is 6.67. The molecule has 0 aromatic heterocycles. The lowest BCUT2D eigenvalue weighted by Gasteiger charge is -2.07. The quantitative estimate of drug-likeness (QED) is 0.925. The highest BCUT2D eigenvalue weighted by atomic mass is 79.9. The maximum absolute atomic E-state index is 9.41. The van der Waals surface area contributed by atoms with E-state index in [1.54, 1.807) is 6.07 Å². The second-order valence-electron chi connectivity index (χ2n) is 3.86. The first kappa shape index (κ1) is 12.0. The van der Waals surface area contributed by atoms with Crippen LogP contribution in [0.15, 0.2) is 46.9 Å². The summed E-state index contributed by atoms with van der Waals surface area (Å²) in [4.78, 5) is 0. The highest BCUT2D eigenvalue weighted by Gasteiger charge is 1.99. The number of aromatic hydroxyl groups is 1. The number of halogens is 1. The van der Waals surface area contributed by atoms with Gasteiger partial charge in [0.1, 0.15) is 18.1 Å². The van der Waals surface area contributed by atoms with Gasteiger partial charge in [0.25, 0.3) is 0 Å². The first-order valence-electron chi connectivity index (χ1n) is 5.32. The first-order chi connectivity index (χ1) is 8.15. The van der Waals surface area contributed by atoms with Crippen LogP contribution in [0.3, 0.4) is 0 Å². The van der Waals surface area contributed by atoms with E-state index in [4.69, 9.17) is 4.74 Å². The predicted octanol–water partition coefficient (Wildman–Crippen LogP) is 4.04. The maximum Gasteiger partial charge on any atom is 0.119 e. The molecule has 0 fully saturated rings. The molecule has 0 bridgehead atoms. The van der Waals surface area contributed by atoms with E-state index < -0.39 is 0 Å². The van der Waals surface area contributed by atoms with Crippen LogP contribution in [0, 0.1) is 6.92 Å². The van der Waals surface area contributed by atoms with Crippen LogP contribution >= 0.6 is 15.9 Å². The van der Waals surface area contributed by atoms with Gasteiger partial charge in [-0.2, -0.15) is 0 Å². The van der Waals surface area contributed by atoms with Crippen molar-refractivity contribution in [2.45, 2.75) is 13.5 Å². The van der Waals surface area contributed by atoms with Crippen molar-refractivity contribution < 1.29 is 9.84 Å². The molecule has 0 radical (unpaired) electrons. The predicted molar refractivity (Wildman–Crippen MR) is 71.3 cm³/mol. The molecule has 2 nitrogen and oxygen atoms in total. The zero-order valence-corrected chi connectivity index (χ0v) is 11.1. The third-order valence-electron chi connectivity index (χ3n) is 2.48. The van der Waals surface area contributed by atoms with Crippen molar-refractivity contribution in [2.24, 2.45) is 0 Å². The standard InChI is InChI=1S/C14H13BrO2/c1-10-8-11(2-7-14(10)16)9-17-13-5-3-12(15)4-6-13/h2-8,16H,9H2,1H3. The van der Waals surface area contributed by atoms with E-state index >= 15 is 0 Å². The van der Waals surface area contributed by atoms with E-state index in [1.165, 1.54) is 0 Å². The van der Waals surface area contributed by atoms with Gasteiger partial charge in [0.15, 0.2) is 0 Å². The fourth-order valence-electron chi connectivity index (χ4n) is 1.50. The van der Waals surface area contributed by atoms with E-state index in [0.29, 0.717) is 12.4 Å². The Hall–Kier alpha value is -1.48. The van der Waals surface area contributed by atoms with E-state index in [-0.39, 0.29) is 0 Å². The van der Waals surface area contributed by atoms with Crippen LogP contribution in [0.5, 0.6) is 11.5 Å². The molecule has 0 aliphatic carbocycles. The fourth-order valence-corrected chi connectivity index (χ4v) is 1.77. The summed E-state index contributed by atoms with van der Waals surface area (Å²) in [6.07, 6.45) is 0. The summed E-state index contributed by atoms with van der Waals surface area (Å²) in [6, 6.07) is 13.2. The van der Waals surface area contributed by atoms with Gasteiger partial charge < -0.3 is 9.84 Å². The second kappa shape index (κ2) is 5.23. The number of benzene rings is 2. The highest BCUT2D eigenvalue weighted by Crippen LogP contribution is 2.20. The molecule has 17 heavy (non-hydrogen) atoms. The molecule has 0 heterocycles. The minimum atomic E-state index is 0.317. The Morgan fingerprint density at radius 2 is 1.82 bits per heavy atom. The number of aryl methyl sites for hydroxylation is 1. The Balaban J connectivity index is 2.02. The van der Waals surface area contributed by atoms with E-state index in [0.717, 1.165) is 21.3 Å². The van der Waals surface area contributed by atoms with E-state index in [1.807, 2.05) is 43.3 Å². The van der Waals surface area contributed by atoms with Gasteiger partial charge in [-0.15, -0.1) is 0 Å². The van der Waals surface area contributed by atoms with Crippen LogP contribution in [0.2, 0.25) is 0 Å². The largest absolute Gasteiger partial charge is 0.508 e. The monoisotopic (exact) mass is 292 g/mol. The molecule has 0 spiro atoms. The topological polar surface area (TPSA) is 29.5 Å². The van der Waals surface area contributed by atoms with Crippen molar-refractivity contribution in [3.05, 3.63) is 58.1 Å². The van der Waals surface area contributed by atoms with Crippen molar-refractivity contribution in [3.8, 4) is 11.5 Å². The Kier molecular flexibility index (Phi) is 3.69. The van der Waals surface area contributed by atoms with Crippen molar-refractivity contribution in [2.75, 3.05) is 0 Å². The summed E-state index contributed by atoms with van der Waals surface area (Å²) in [5.41, 5.74) is 1.91. The molecule has 2 rings (SSSR count). The average molecular weight is 293 g/mol. The molecule has 0 unspecified atom stereocenters. The zero-order chi connectivity index (χ0) is 12.3. The smallest absolute Gasteiger partial charge is 0.119 e. The summed E-state index contributed by atoms with van der Waals surface area (Å²) >= 11 is 3.38. The van der Waals surface area contributed by atoms with Crippen LogP contribution in [0.25, 0.3) is 0 Å². The number of rotatable bonds is 3. The molecule has 88 valence electrons. The van der Waals surface area contributed by atoms with Crippen LogP contribution in [0.1, 0.15) is 11.1 Å². The third kappa shape index (κ3) is 3.24. The maximum atomic E-state index is 9.41. The van der Waals surface area contributed by atoms with E-state index in [9.17, 15) is 5.11 Å². The lowest BCUT2D eigenvalue weighted by Crippen LogP contribution is -1.95. The zero-order valence-electron chi connectivity index (χ0n) is 9.48. The number of hydrogen-bond acceptors (Lipinski definition) is 2. The average Bonchev–Trinajstić information content (AvgIpc) is 2.33. The van der Waals surface area contributed by atoms with E-state index in [2.05, 4.69) is 15.9 Å². The molecule has 0 amide bonds. The van der Waals surface area contributed by atoms with Gasteiger partial charge in [0.05, 0.1) is 0 Å². The molecular weight excluding hydrogens is 280 g/mol. The van der Waals surface area contributed by atoms with Gasteiger partial charge in [-0.3, -0.25) is 0 Å². The molecule has 0 aliphatic heterocycles. The molecule has 1 N–H and O–H groups in total. The summed E-state index contributed by atoms with van der Waals surface area (Å²) in [7, 11) is 0. The SMILES string of the molecule is Cc1cc(COc2ccc(Br)cc2)ccc1O. The van der Waals surface area contributed by atoms with Gasteiger partial charge in [-0.05, 0) is 54.4 Å². The highest BCUT2D eigenvalue weighted by molar-refractivity contribution is 9.10. The summed E-state index contributed by atoms with van der Waals surface area (Å²) in [6.45, 7) is 2.38. The lowest BCUT2D eigenvalue weighted by molar-refractivity contribution is 0.306. The summed E-state index contributed by atoms with van der Waals surface area (Å²) in [5, 5.41) is 9.41. The minimum absolute atomic E-state index is 0.317. The molecule has 3 heteroatoms. The van der Waals surface area contributed by atoms with Crippen molar-refractivity contribution in [3.63, 3.8) is 0 Å². The normalized spacial score (nSPS) is 10.2. The van der Waals surface area contributed by atoms with Gasteiger partial charge in [0.2, 0.25) is 0 Å². The van der Waals surface area contributed by atoms with Crippen LogP contribution in [0.4, 0.5) is 0 Å². The molecule has 0 saturated heterocycles. The van der Waals surface area contributed by atoms with Gasteiger partial charge in [-0.1, -0.05) is 22.0 Å². The van der Waals surface area contributed by atoms with Crippen molar-refractivity contribution in [1.82, 2.24) is 0 Å². The molecule has 0 saturated carbocycles. The minimum Gasteiger partial charge on any atom is -0.508 e. The molecule has 0 atom stereocenters. The molecule has 2 aromatic carbocycles. The number of hydrogen-bond donors (Lipinski definition) is 1. The third-order valence-corrected chi connectivity index (χ3v) is 3.01. The number of phenols is 1. The molecule has 0 aliphatic rings. The van der Waals surface area contributed by atoms with Crippen molar-refractivity contribution in [1.29, 1.82) is 0 Å². The van der Waals surface area contributed by atoms with Crippen molar-refractivity contribution >= 4 is 15.9 Å². The number of phenolic OH excluding ortho intramolecular Hbond substituents is 1. The van der Waals surface area contributed by atoms with Gasteiger partial charge >= 0.3 is 0 Å². The first-order valence-corrected chi connectivity index (χ1v) is 6.11.